The number of rotatable bonds is 5. The number of carbonyl (C=O) groups is 1. The molecule has 1 amide bonds. The number of hydrogen-bond donors (Lipinski definition) is 3. The fraction of sp³-hybridized carbons (Fsp3) is 0.429. The Morgan fingerprint density at radius 1 is 1.37 bits per heavy atom. The number of amides is 1. The number of amidine groups is 1. The molecule has 1 aliphatic rings. The standard InChI is InChI=1S/C14H19N3O2/c15-13(17-19)5-2-8-16-14(18)12-7-6-10-3-1-4-11(10)9-12/h6-7,9,19H,1-5,8H2,(H2,15,17)(H,16,18). The number of carbonyl (C=O) groups excluding carboxylic acids is 1. The molecule has 0 atom stereocenters. The van der Waals surface area contributed by atoms with Crippen molar-refractivity contribution in [1.82, 2.24) is 5.32 Å². The molecular weight excluding hydrogens is 242 g/mol. The Morgan fingerprint density at radius 3 is 2.95 bits per heavy atom. The van der Waals surface area contributed by atoms with Crippen molar-refractivity contribution >= 4 is 11.7 Å². The third-order valence-corrected chi connectivity index (χ3v) is 3.38. The molecule has 0 heterocycles. The Bertz CT molecular complexity index is 497. The number of nitrogens with one attached hydrogen (secondary N) is 1. The Hall–Kier alpha value is -2.04. The molecule has 0 aromatic heterocycles. The van der Waals surface area contributed by atoms with E-state index >= 15 is 0 Å². The van der Waals surface area contributed by atoms with Crippen molar-refractivity contribution in [3.05, 3.63) is 34.9 Å². The zero-order valence-corrected chi connectivity index (χ0v) is 10.9. The lowest BCUT2D eigenvalue weighted by atomic mass is 10.1. The van der Waals surface area contributed by atoms with Gasteiger partial charge in [0.25, 0.3) is 5.91 Å². The Balaban J connectivity index is 1.83. The van der Waals surface area contributed by atoms with Crippen LogP contribution in [0.1, 0.15) is 40.7 Å². The van der Waals surface area contributed by atoms with Crippen molar-refractivity contribution in [3.63, 3.8) is 0 Å². The highest BCUT2D eigenvalue weighted by molar-refractivity contribution is 5.94. The van der Waals surface area contributed by atoms with E-state index in [0.717, 1.165) is 12.8 Å². The number of hydrogen-bond acceptors (Lipinski definition) is 3. The maximum Gasteiger partial charge on any atom is 0.251 e. The Kier molecular flexibility index (Phi) is 4.39. The summed E-state index contributed by atoms with van der Waals surface area (Å²) in [5, 5.41) is 14.1. The number of oxime groups is 1. The molecule has 19 heavy (non-hydrogen) atoms. The second kappa shape index (κ2) is 6.22. The smallest absolute Gasteiger partial charge is 0.251 e. The highest BCUT2D eigenvalue weighted by Gasteiger charge is 2.13. The predicted octanol–water partition coefficient (Wildman–Crippen LogP) is 1.43. The molecule has 5 nitrogen and oxygen atoms in total. The first-order chi connectivity index (χ1) is 9.20. The van der Waals surface area contributed by atoms with E-state index in [2.05, 4.69) is 10.5 Å². The molecule has 0 aliphatic heterocycles. The first-order valence-corrected chi connectivity index (χ1v) is 6.57. The number of nitrogens with two attached hydrogens (primary N) is 1. The average molecular weight is 261 g/mol. The number of benzene rings is 1. The van der Waals surface area contributed by atoms with Crippen LogP contribution in [0.5, 0.6) is 0 Å². The van der Waals surface area contributed by atoms with Crippen LogP contribution >= 0.6 is 0 Å². The van der Waals surface area contributed by atoms with Gasteiger partial charge in [-0.15, -0.1) is 0 Å². The van der Waals surface area contributed by atoms with Crippen LogP contribution in [0.15, 0.2) is 23.4 Å². The molecule has 1 aromatic rings. The van der Waals surface area contributed by atoms with Gasteiger partial charge in [-0.3, -0.25) is 4.79 Å². The summed E-state index contributed by atoms with van der Waals surface area (Å²) in [7, 11) is 0. The molecule has 4 N–H and O–H groups in total. The van der Waals surface area contributed by atoms with Gasteiger partial charge >= 0.3 is 0 Å². The molecule has 0 saturated heterocycles. The van der Waals surface area contributed by atoms with Gasteiger partial charge < -0.3 is 16.3 Å². The van der Waals surface area contributed by atoms with Crippen LogP contribution in [-0.2, 0) is 12.8 Å². The summed E-state index contributed by atoms with van der Waals surface area (Å²) in [4.78, 5) is 11.9. The van der Waals surface area contributed by atoms with Gasteiger partial charge in [-0.05, 0) is 48.9 Å². The fourth-order valence-electron chi connectivity index (χ4n) is 2.34. The zero-order chi connectivity index (χ0) is 13.7. The topological polar surface area (TPSA) is 87.7 Å². The third-order valence-electron chi connectivity index (χ3n) is 3.38. The van der Waals surface area contributed by atoms with Crippen molar-refractivity contribution in [2.75, 3.05) is 6.54 Å². The van der Waals surface area contributed by atoms with Crippen molar-refractivity contribution in [3.8, 4) is 0 Å². The molecule has 102 valence electrons. The van der Waals surface area contributed by atoms with Gasteiger partial charge in [0, 0.05) is 18.5 Å². The molecule has 2 rings (SSSR count). The molecular formula is C14H19N3O2. The van der Waals surface area contributed by atoms with E-state index < -0.39 is 0 Å². The van der Waals surface area contributed by atoms with Gasteiger partial charge in [0.1, 0.15) is 5.84 Å². The SMILES string of the molecule is NC(CCCNC(=O)c1ccc2c(c1)CCC2)=NO. The fourth-order valence-corrected chi connectivity index (χ4v) is 2.34. The summed E-state index contributed by atoms with van der Waals surface area (Å²) in [5.74, 6) is 0.126. The maximum atomic E-state index is 11.9. The summed E-state index contributed by atoms with van der Waals surface area (Å²) in [5.41, 5.74) is 8.72. The van der Waals surface area contributed by atoms with E-state index in [4.69, 9.17) is 10.9 Å². The monoisotopic (exact) mass is 261 g/mol. The van der Waals surface area contributed by atoms with E-state index in [1.807, 2.05) is 18.2 Å². The van der Waals surface area contributed by atoms with Crippen molar-refractivity contribution < 1.29 is 10.0 Å². The molecule has 1 aliphatic carbocycles. The summed E-state index contributed by atoms with van der Waals surface area (Å²) < 4.78 is 0. The van der Waals surface area contributed by atoms with Crippen molar-refractivity contribution in [1.29, 1.82) is 0 Å². The van der Waals surface area contributed by atoms with Crippen molar-refractivity contribution in [2.24, 2.45) is 10.9 Å². The number of aryl methyl sites for hydroxylation is 2. The van der Waals surface area contributed by atoms with Gasteiger partial charge in [-0.1, -0.05) is 11.2 Å². The molecule has 0 saturated carbocycles. The van der Waals surface area contributed by atoms with E-state index in [1.54, 1.807) is 0 Å². The molecule has 5 heteroatoms. The number of nitrogens with zero attached hydrogens (tertiary/aromatic N) is 1. The summed E-state index contributed by atoms with van der Waals surface area (Å²) in [6, 6.07) is 5.91. The molecule has 0 radical (unpaired) electrons. The maximum absolute atomic E-state index is 11.9. The van der Waals surface area contributed by atoms with Crippen LogP contribution in [0.2, 0.25) is 0 Å². The summed E-state index contributed by atoms with van der Waals surface area (Å²) in [6.07, 6.45) is 4.50. The van der Waals surface area contributed by atoms with Gasteiger partial charge in [-0.2, -0.15) is 0 Å². The second-order valence-corrected chi connectivity index (χ2v) is 4.79. The van der Waals surface area contributed by atoms with Crippen molar-refractivity contribution in [2.45, 2.75) is 32.1 Å². The highest BCUT2D eigenvalue weighted by atomic mass is 16.4. The minimum atomic E-state index is -0.0609. The Morgan fingerprint density at radius 2 is 2.16 bits per heavy atom. The largest absolute Gasteiger partial charge is 0.409 e. The van der Waals surface area contributed by atoms with Crippen LogP contribution in [0.4, 0.5) is 0 Å². The van der Waals surface area contributed by atoms with Crippen LogP contribution in [0, 0.1) is 0 Å². The van der Waals surface area contributed by atoms with Crippen LogP contribution in [-0.4, -0.2) is 23.5 Å². The average Bonchev–Trinajstić information content (AvgIpc) is 2.90. The first-order valence-electron chi connectivity index (χ1n) is 6.57. The second-order valence-electron chi connectivity index (χ2n) is 4.79. The molecule has 0 bridgehead atoms. The lowest BCUT2D eigenvalue weighted by molar-refractivity contribution is 0.0953. The van der Waals surface area contributed by atoms with E-state index in [1.165, 1.54) is 17.5 Å². The van der Waals surface area contributed by atoms with Crippen LogP contribution in [0.3, 0.4) is 0 Å². The quantitative estimate of drug-likeness (QED) is 0.246. The molecule has 0 fully saturated rings. The minimum absolute atomic E-state index is 0.0609. The minimum Gasteiger partial charge on any atom is -0.409 e. The number of fused-ring (bicyclic) bond motifs is 1. The molecule has 1 aromatic carbocycles. The van der Waals surface area contributed by atoms with Crippen LogP contribution < -0.4 is 11.1 Å². The zero-order valence-electron chi connectivity index (χ0n) is 10.9. The summed E-state index contributed by atoms with van der Waals surface area (Å²) in [6.45, 7) is 0.520. The van der Waals surface area contributed by atoms with E-state index in [-0.39, 0.29) is 11.7 Å². The highest BCUT2D eigenvalue weighted by Crippen LogP contribution is 2.22. The van der Waals surface area contributed by atoms with Gasteiger partial charge in [-0.25, -0.2) is 0 Å². The molecule has 0 spiro atoms. The van der Waals surface area contributed by atoms with Gasteiger partial charge in [0.15, 0.2) is 0 Å². The third kappa shape index (κ3) is 3.47. The predicted molar refractivity (Wildman–Crippen MR) is 73.4 cm³/mol. The summed E-state index contributed by atoms with van der Waals surface area (Å²) >= 11 is 0. The lowest BCUT2D eigenvalue weighted by Crippen LogP contribution is -2.25. The first kappa shape index (κ1) is 13.4. The van der Waals surface area contributed by atoms with E-state index in [9.17, 15) is 4.79 Å². The lowest BCUT2D eigenvalue weighted by Gasteiger charge is -2.06. The normalized spacial score (nSPS) is 14.2. The van der Waals surface area contributed by atoms with Gasteiger partial charge in [0.2, 0.25) is 0 Å². The van der Waals surface area contributed by atoms with E-state index in [0.29, 0.717) is 24.9 Å². The van der Waals surface area contributed by atoms with Crippen LogP contribution in [0.25, 0.3) is 0 Å². The Labute approximate surface area is 112 Å². The van der Waals surface area contributed by atoms with Gasteiger partial charge in [0.05, 0.1) is 0 Å². The molecule has 0 unspecified atom stereocenters.